The normalized spacial score (nSPS) is 11.3. The number of carbonyl (C=O) groups is 1. The van der Waals surface area contributed by atoms with Gasteiger partial charge in [-0.1, -0.05) is 5.21 Å². The van der Waals surface area contributed by atoms with Crippen LogP contribution in [0.3, 0.4) is 0 Å². The highest BCUT2D eigenvalue weighted by molar-refractivity contribution is 7.98. The molecule has 2 N–H and O–H groups in total. The van der Waals surface area contributed by atoms with Crippen LogP contribution in [0.4, 0.5) is 0 Å². The lowest BCUT2D eigenvalue weighted by Gasteiger charge is -2.13. The van der Waals surface area contributed by atoms with E-state index in [1.54, 1.807) is 36.7 Å². The van der Waals surface area contributed by atoms with Gasteiger partial charge in [0, 0.05) is 45.7 Å². The molecule has 1 aromatic rings. The molecule has 0 spiro atoms. The molecule has 0 saturated carbocycles. The van der Waals surface area contributed by atoms with Gasteiger partial charge in [0.1, 0.15) is 6.54 Å². The summed E-state index contributed by atoms with van der Waals surface area (Å²) in [7, 11) is 3.45. The minimum Gasteiger partial charge on any atom is -0.356 e. The summed E-state index contributed by atoms with van der Waals surface area (Å²) in [4.78, 5) is 17.4. The average Bonchev–Trinajstić information content (AvgIpc) is 3.01. The third-order valence-corrected chi connectivity index (χ3v) is 3.41. The summed E-state index contributed by atoms with van der Waals surface area (Å²) >= 11 is 1.76. The zero-order valence-corrected chi connectivity index (χ0v) is 14.3. The molecule has 8 nitrogen and oxygen atoms in total. The molecule has 1 amide bonds. The molecule has 0 bridgehead atoms. The van der Waals surface area contributed by atoms with Crippen molar-refractivity contribution in [1.29, 1.82) is 0 Å². The number of hydrogen-bond donors (Lipinski definition) is 2. The fraction of sp³-hybridized carbons (Fsp3) is 0.692. The molecular formula is C13H25N7OS. The number of likely N-dealkylation sites (N-methyl/N-ethyl adjacent to an activating group) is 1. The van der Waals surface area contributed by atoms with Gasteiger partial charge in [0.2, 0.25) is 5.91 Å². The standard InChI is InChI=1S/C13H25N7OS/c1-19(2)12(21)11-16-13(15-7-10-22-3)14-5-4-8-20-9-6-17-18-20/h6,9H,4-5,7-8,10-11H2,1-3H3,(H2,14,15,16). The fourth-order valence-electron chi connectivity index (χ4n) is 1.53. The molecule has 0 radical (unpaired) electrons. The van der Waals surface area contributed by atoms with Crippen molar-refractivity contribution in [2.45, 2.75) is 13.0 Å². The van der Waals surface area contributed by atoms with Crippen molar-refractivity contribution in [3.05, 3.63) is 12.4 Å². The van der Waals surface area contributed by atoms with Crippen LogP contribution in [-0.2, 0) is 11.3 Å². The van der Waals surface area contributed by atoms with Crippen LogP contribution in [-0.4, -0.2) is 77.5 Å². The van der Waals surface area contributed by atoms with Gasteiger partial charge < -0.3 is 15.5 Å². The van der Waals surface area contributed by atoms with E-state index in [1.807, 2.05) is 6.20 Å². The number of aryl methyl sites for hydroxylation is 1. The predicted octanol–water partition coefficient (Wildman–Crippen LogP) is -0.345. The zero-order valence-electron chi connectivity index (χ0n) is 13.4. The lowest BCUT2D eigenvalue weighted by molar-refractivity contribution is -0.127. The number of carbonyl (C=O) groups excluding carboxylic acids is 1. The Balaban J connectivity index is 2.35. The number of hydrogen-bond acceptors (Lipinski definition) is 5. The van der Waals surface area contributed by atoms with Crippen LogP contribution in [0.2, 0.25) is 0 Å². The molecule has 0 atom stereocenters. The molecule has 0 unspecified atom stereocenters. The van der Waals surface area contributed by atoms with Crippen molar-refractivity contribution in [2.24, 2.45) is 4.99 Å². The second-order valence-corrected chi connectivity index (χ2v) is 5.80. The Morgan fingerprint density at radius 2 is 2.14 bits per heavy atom. The Morgan fingerprint density at radius 1 is 1.36 bits per heavy atom. The summed E-state index contributed by atoms with van der Waals surface area (Å²) in [5, 5.41) is 14.1. The summed E-state index contributed by atoms with van der Waals surface area (Å²) in [5.74, 6) is 1.64. The third-order valence-electron chi connectivity index (χ3n) is 2.80. The number of rotatable bonds is 9. The fourth-order valence-corrected chi connectivity index (χ4v) is 1.84. The predicted molar refractivity (Wildman–Crippen MR) is 90.0 cm³/mol. The van der Waals surface area contributed by atoms with E-state index in [9.17, 15) is 4.79 Å². The van der Waals surface area contributed by atoms with Crippen LogP contribution in [0.1, 0.15) is 6.42 Å². The van der Waals surface area contributed by atoms with E-state index in [-0.39, 0.29) is 12.5 Å². The van der Waals surface area contributed by atoms with Gasteiger partial charge in [0.25, 0.3) is 0 Å². The second kappa shape index (κ2) is 10.9. The van der Waals surface area contributed by atoms with E-state index < -0.39 is 0 Å². The highest BCUT2D eigenvalue weighted by Crippen LogP contribution is 1.89. The lowest BCUT2D eigenvalue weighted by Crippen LogP contribution is -2.40. The monoisotopic (exact) mass is 327 g/mol. The van der Waals surface area contributed by atoms with Gasteiger partial charge in [-0.25, -0.2) is 4.99 Å². The molecule has 0 fully saturated rings. The summed E-state index contributed by atoms with van der Waals surface area (Å²) < 4.78 is 1.79. The second-order valence-electron chi connectivity index (χ2n) is 4.82. The molecule has 0 saturated heterocycles. The first-order valence-electron chi connectivity index (χ1n) is 7.19. The van der Waals surface area contributed by atoms with Gasteiger partial charge in [-0.3, -0.25) is 9.48 Å². The van der Waals surface area contributed by atoms with Gasteiger partial charge in [-0.15, -0.1) is 5.10 Å². The Kier molecular flexibility index (Phi) is 9.04. The van der Waals surface area contributed by atoms with Crippen molar-refractivity contribution in [2.75, 3.05) is 45.7 Å². The first kappa shape index (κ1) is 18.3. The highest BCUT2D eigenvalue weighted by atomic mass is 32.2. The third kappa shape index (κ3) is 7.87. The van der Waals surface area contributed by atoms with Gasteiger partial charge >= 0.3 is 0 Å². The summed E-state index contributed by atoms with van der Waals surface area (Å²) in [6, 6.07) is 0. The Bertz CT molecular complexity index is 447. The van der Waals surface area contributed by atoms with Crippen LogP contribution < -0.4 is 10.6 Å². The average molecular weight is 327 g/mol. The Hall–Kier alpha value is -1.77. The largest absolute Gasteiger partial charge is 0.356 e. The van der Waals surface area contributed by atoms with Crippen molar-refractivity contribution >= 4 is 23.6 Å². The number of aromatic nitrogens is 3. The molecule has 1 aromatic heterocycles. The van der Waals surface area contributed by atoms with E-state index in [4.69, 9.17) is 0 Å². The van der Waals surface area contributed by atoms with Gasteiger partial charge in [-0.05, 0) is 12.7 Å². The molecule has 9 heteroatoms. The van der Waals surface area contributed by atoms with Crippen molar-refractivity contribution in [3.8, 4) is 0 Å². The van der Waals surface area contributed by atoms with Crippen molar-refractivity contribution < 1.29 is 4.79 Å². The van der Waals surface area contributed by atoms with E-state index in [0.29, 0.717) is 5.96 Å². The van der Waals surface area contributed by atoms with Crippen LogP contribution >= 0.6 is 11.8 Å². The van der Waals surface area contributed by atoms with E-state index >= 15 is 0 Å². The minimum absolute atomic E-state index is 0.0198. The highest BCUT2D eigenvalue weighted by Gasteiger charge is 2.04. The van der Waals surface area contributed by atoms with Crippen molar-refractivity contribution in [3.63, 3.8) is 0 Å². The maximum absolute atomic E-state index is 11.6. The number of thioether (sulfide) groups is 1. The molecule has 0 aliphatic carbocycles. The lowest BCUT2D eigenvalue weighted by atomic mass is 10.4. The maximum Gasteiger partial charge on any atom is 0.243 e. The molecule has 1 rings (SSSR count). The Morgan fingerprint density at radius 3 is 2.77 bits per heavy atom. The molecule has 124 valence electrons. The summed E-state index contributed by atoms with van der Waals surface area (Å²) in [6.45, 7) is 2.50. The topological polar surface area (TPSA) is 87.4 Å². The van der Waals surface area contributed by atoms with Gasteiger partial charge in [0.15, 0.2) is 5.96 Å². The minimum atomic E-state index is -0.0198. The summed E-state index contributed by atoms with van der Waals surface area (Å²) in [6.07, 6.45) is 6.45. The summed E-state index contributed by atoms with van der Waals surface area (Å²) in [5.41, 5.74) is 0. The molecule has 0 aliphatic heterocycles. The molecule has 0 aliphatic rings. The van der Waals surface area contributed by atoms with Crippen LogP contribution in [0.15, 0.2) is 17.4 Å². The SMILES string of the molecule is CSCCNC(=NCC(=O)N(C)C)NCCCn1ccnn1. The number of nitrogens with one attached hydrogen (secondary N) is 2. The van der Waals surface area contributed by atoms with E-state index in [1.165, 1.54) is 4.90 Å². The van der Waals surface area contributed by atoms with E-state index in [2.05, 4.69) is 32.2 Å². The first-order valence-corrected chi connectivity index (χ1v) is 8.58. The van der Waals surface area contributed by atoms with Gasteiger partial charge in [0.05, 0.1) is 6.20 Å². The first-order chi connectivity index (χ1) is 10.6. The van der Waals surface area contributed by atoms with Crippen LogP contribution in [0.5, 0.6) is 0 Å². The number of aliphatic imine (C=N–C) groups is 1. The molecular weight excluding hydrogens is 302 g/mol. The van der Waals surface area contributed by atoms with Crippen LogP contribution in [0, 0.1) is 0 Å². The number of amides is 1. The quantitative estimate of drug-likeness (QED) is 0.366. The maximum atomic E-state index is 11.6. The molecule has 22 heavy (non-hydrogen) atoms. The van der Waals surface area contributed by atoms with E-state index in [0.717, 1.165) is 31.8 Å². The van der Waals surface area contributed by atoms with Crippen LogP contribution in [0.25, 0.3) is 0 Å². The molecule has 1 heterocycles. The smallest absolute Gasteiger partial charge is 0.243 e. The molecule has 0 aromatic carbocycles. The zero-order chi connectivity index (χ0) is 16.2. The Labute approximate surface area is 135 Å². The number of nitrogens with zero attached hydrogens (tertiary/aromatic N) is 5. The number of guanidine groups is 1. The van der Waals surface area contributed by atoms with Gasteiger partial charge in [-0.2, -0.15) is 11.8 Å². The van der Waals surface area contributed by atoms with Crippen molar-refractivity contribution in [1.82, 2.24) is 30.5 Å².